The Morgan fingerprint density at radius 2 is 1.69 bits per heavy atom. The molecule has 9 heteroatoms. The van der Waals surface area contributed by atoms with Crippen LogP contribution in [0.1, 0.15) is 53.5 Å². The number of amides is 1. The summed E-state index contributed by atoms with van der Waals surface area (Å²) >= 11 is 0. The van der Waals surface area contributed by atoms with E-state index in [4.69, 9.17) is 19.3 Å². The summed E-state index contributed by atoms with van der Waals surface area (Å²) in [6.07, 6.45) is 0. The number of hydrogen-bond acceptors (Lipinski definition) is 6. The molecule has 0 aliphatic carbocycles. The number of benzene rings is 2. The summed E-state index contributed by atoms with van der Waals surface area (Å²) in [5.41, 5.74) is 4.96. The predicted octanol–water partition coefficient (Wildman–Crippen LogP) is 4.70. The normalized spacial score (nSPS) is 14.5. The van der Waals surface area contributed by atoms with E-state index in [9.17, 15) is 9.00 Å². The minimum Gasteiger partial charge on any atom is -0.490 e. The van der Waals surface area contributed by atoms with Gasteiger partial charge in [0, 0.05) is 21.9 Å². The second-order valence-corrected chi connectivity index (χ2v) is 9.65. The molecule has 1 aliphatic rings. The van der Waals surface area contributed by atoms with E-state index in [0.717, 1.165) is 28.1 Å². The second-order valence-electron chi connectivity index (χ2n) is 8.19. The van der Waals surface area contributed by atoms with E-state index >= 15 is 0 Å². The van der Waals surface area contributed by atoms with Gasteiger partial charge in [-0.3, -0.25) is 9.00 Å². The molecule has 35 heavy (non-hydrogen) atoms. The summed E-state index contributed by atoms with van der Waals surface area (Å²) in [4.78, 5) is 13.5. The quantitative estimate of drug-likeness (QED) is 0.461. The highest BCUT2D eigenvalue weighted by molar-refractivity contribution is 7.83. The molecule has 2 aromatic carbocycles. The zero-order valence-electron chi connectivity index (χ0n) is 20.8. The molecule has 4 rings (SSSR count). The number of anilines is 1. The number of hydrogen-bond donors (Lipinski definition) is 1. The largest absolute Gasteiger partial charge is 0.490 e. The first-order valence-corrected chi connectivity index (χ1v) is 13.3. The third kappa shape index (κ3) is 4.91. The Bertz CT molecular complexity index is 1260. The molecule has 0 saturated heterocycles. The van der Waals surface area contributed by atoms with Crippen LogP contribution in [0.25, 0.3) is 5.69 Å². The lowest BCUT2D eigenvalue weighted by atomic mass is 10.1. The SMILES string of the molecule is CCOc1cc(C(=O)Nc2c3c(nn2-c2cccc(C)c2C)C[S@@](=O)C3)cc(OCC)c1OCC. The Morgan fingerprint density at radius 3 is 2.31 bits per heavy atom. The number of aryl methyl sites for hydroxylation is 1. The van der Waals surface area contributed by atoms with Gasteiger partial charge in [0.1, 0.15) is 5.82 Å². The average molecular weight is 498 g/mol. The van der Waals surface area contributed by atoms with Crippen LogP contribution in [0.5, 0.6) is 17.2 Å². The van der Waals surface area contributed by atoms with Crippen molar-refractivity contribution < 1.29 is 23.2 Å². The highest BCUT2D eigenvalue weighted by Crippen LogP contribution is 2.40. The molecule has 1 atom stereocenters. The molecule has 1 aromatic heterocycles. The van der Waals surface area contributed by atoms with E-state index in [1.807, 2.05) is 52.8 Å². The Hall–Kier alpha value is -3.33. The zero-order valence-corrected chi connectivity index (χ0v) is 21.6. The zero-order chi connectivity index (χ0) is 25.1. The highest BCUT2D eigenvalue weighted by atomic mass is 32.2. The summed E-state index contributed by atoms with van der Waals surface area (Å²) in [6, 6.07) is 9.28. The van der Waals surface area contributed by atoms with Crippen molar-refractivity contribution in [2.24, 2.45) is 0 Å². The van der Waals surface area contributed by atoms with E-state index < -0.39 is 10.8 Å². The molecule has 0 fully saturated rings. The van der Waals surface area contributed by atoms with Crippen molar-refractivity contribution >= 4 is 22.5 Å². The molecule has 3 aromatic rings. The molecule has 1 aliphatic heterocycles. The number of fused-ring (bicyclic) bond motifs is 1. The van der Waals surface area contributed by atoms with Crippen molar-refractivity contribution in [3.8, 4) is 22.9 Å². The molecular weight excluding hydrogens is 466 g/mol. The van der Waals surface area contributed by atoms with Gasteiger partial charge in [0.15, 0.2) is 11.5 Å². The van der Waals surface area contributed by atoms with Gasteiger partial charge in [-0.05, 0) is 63.9 Å². The number of carbonyl (C=O) groups is 1. The average Bonchev–Trinajstić information content (AvgIpc) is 3.34. The van der Waals surface area contributed by atoms with Crippen LogP contribution in [0.4, 0.5) is 5.82 Å². The summed E-state index contributed by atoms with van der Waals surface area (Å²) in [5.74, 6) is 2.29. The monoisotopic (exact) mass is 497 g/mol. The molecule has 186 valence electrons. The Morgan fingerprint density at radius 1 is 1.03 bits per heavy atom. The molecule has 0 radical (unpaired) electrons. The van der Waals surface area contributed by atoms with E-state index in [-0.39, 0.29) is 5.91 Å². The first kappa shape index (κ1) is 24.8. The van der Waals surface area contributed by atoms with Crippen molar-refractivity contribution in [2.75, 3.05) is 25.1 Å². The lowest BCUT2D eigenvalue weighted by Gasteiger charge is -2.18. The number of rotatable bonds is 9. The number of aromatic nitrogens is 2. The second kappa shape index (κ2) is 10.5. The number of ether oxygens (including phenoxy) is 3. The van der Waals surface area contributed by atoms with Crippen LogP contribution in [-0.4, -0.2) is 39.7 Å². The van der Waals surface area contributed by atoms with Crippen LogP contribution in [-0.2, 0) is 22.3 Å². The van der Waals surface area contributed by atoms with Crippen LogP contribution in [0, 0.1) is 13.8 Å². The van der Waals surface area contributed by atoms with Crippen molar-refractivity contribution in [2.45, 2.75) is 46.1 Å². The standard InChI is InChI=1S/C26H31N3O5S/c1-6-32-22-12-18(13-23(33-7-2)24(22)34-8-3)26(30)27-25-19-14-35(31)15-20(19)28-29(25)21-11-9-10-16(4)17(21)5/h9-13H,6-8,14-15H2,1-5H3,(H,27,30)/t35-/m0/s1. The molecule has 0 spiro atoms. The summed E-state index contributed by atoms with van der Waals surface area (Å²) in [5, 5.41) is 7.77. The first-order chi connectivity index (χ1) is 16.9. The number of nitrogens with one attached hydrogen (secondary N) is 1. The van der Waals surface area contributed by atoms with Crippen LogP contribution >= 0.6 is 0 Å². The van der Waals surface area contributed by atoms with Crippen molar-refractivity contribution in [3.63, 3.8) is 0 Å². The van der Waals surface area contributed by atoms with E-state index in [1.165, 1.54) is 0 Å². The van der Waals surface area contributed by atoms with Crippen molar-refractivity contribution in [1.29, 1.82) is 0 Å². The number of nitrogens with zero attached hydrogens (tertiary/aromatic N) is 2. The van der Waals surface area contributed by atoms with E-state index in [2.05, 4.69) is 5.32 Å². The van der Waals surface area contributed by atoms with E-state index in [0.29, 0.717) is 60.0 Å². The molecule has 0 unspecified atom stereocenters. The topological polar surface area (TPSA) is 91.7 Å². The van der Waals surface area contributed by atoms with Crippen LogP contribution in [0.2, 0.25) is 0 Å². The van der Waals surface area contributed by atoms with Crippen LogP contribution in [0.15, 0.2) is 30.3 Å². The lowest BCUT2D eigenvalue weighted by Crippen LogP contribution is -2.17. The van der Waals surface area contributed by atoms with Gasteiger partial charge < -0.3 is 19.5 Å². The molecule has 2 heterocycles. The van der Waals surface area contributed by atoms with Gasteiger partial charge in [-0.1, -0.05) is 12.1 Å². The fourth-order valence-corrected chi connectivity index (χ4v) is 5.36. The van der Waals surface area contributed by atoms with Gasteiger partial charge in [0.2, 0.25) is 5.75 Å². The Labute approximate surface area is 208 Å². The third-order valence-corrected chi connectivity index (χ3v) is 7.08. The van der Waals surface area contributed by atoms with E-state index in [1.54, 1.807) is 16.8 Å². The Balaban J connectivity index is 1.78. The first-order valence-electron chi connectivity index (χ1n) is 11.8. The molecule has 0 saturated carbocycles. The summed E-state index contributed by atoms with van der Waals surface area (Å²) in [6.45, 7) is 10.9. The maximum Gasteiger partial charge on any atom is 0.257 e. The van der Waals surface area contributed by atoms with Gasteiger partial charge in [0.25, 0.3) is 5.91 Å². The lowest BCUT2D eigenvalue weighted by molar-refractivity contribution is 0.102. The minimum absolute atomic E-state index is 0.345. The van der Waals surface area contributed by atoms with Crippen LogP contribution < -0.4 is 19.5 Å². The van der Waals surface area contributed by atoms with Gasteiger partial charge in [-0.15, -0.1) is 0 Å². The molecular formula is C26H31N3O5S. The van der Waals surface area contributed by atoms with Gasteiger partial charge in [0.05, 0.1) is 42.7 Å². The summed E-state index contributed by atoms with van der Waals surface area (Å²) in [7, 11) is -1.03. The predicted molar refractivity (Wildman–Crippen MR) is 136 cm³/mol. The molecule has 1 amide bonds. The van der Waals surface area contributed by atoms with Crippen LogP contribution in [0.3, 0.4) is 0 Å². The smallest absolute Gasteiger partial charge is 0.257 e. The van der Waals surface area contributed by atoms with Gasteiger partial charge in [-0.25, -0.2) is 4.68 Å². The highest BCUT2D eigenvalue weighted by Gasteiger charge is 2.29. The fourth-order valence-electron chi connectivity index (χ4n) is 4.09. The number of carbonyl (C=O) groups excluding carboxylic acids is 1. The maximum absolute atomic E-state index is 13.5. The minimum atomic E-state index is -1.03. The van der Waals surface area contributed by atoms with Crippen molar-refractivity contribution in [1.82, 2.24) is 9.78 Å². The Kier molecular flexibility index (Phi) is 7.45. The maximum atomic E-state index is 13.5. The van der Waals surface area contributed by atoms with Crippen molar-refractivity contribution in [3.05, 3.63) is 58.3 Å². The molecule has 0 bridgehead atoms. The third-order valence-electron chi connectivity index (χ3n) is 5.88. The van der Waals surface area contributed by atoms with Gasteiger partial charge in [-0.2, -0.15) is 5.10 Å². The molecule has 8 nitrogen and oxygen atoms in total. The van der Waals surface area contributed by atoms with Gasteiger partial charge >= 0.3 is 0 Å². The fraction of sp³-hybridized carbons (Fsp3) is 0.385. The summed E-state index contributed by atoms with van der Waals surface area (Å²) < 4.78 is 31.3. The molecule has 1 N–H and O–H groups in total.